The molecule has 0 aromatic rings. The van der Waals surface area contributed by atoms with Crippen LogP contribution in [0.1, 0.15) is 26.2 Å². The molecular formula is C10H18N2OS. The van der Waals surface area contributed by atoms with Crippen molar-refractivity contribution in [3.05, 3.63) is 0 Å². The Hall–Kier alpha value is -0.220. The minimum Gasteiger partial charge on any atom is -0.379 e. The smallest absolute Gasteiger partial charge is 0.157 e. The largest absolute Gasteiger partial charge is 0.379 e. The van der Waals surface area contributed by atoms with Crippen LogP contribution in [0.3, 0.4) is 0 Å². The van der Waals surface area contributed by atoms with Crippen LogP contribution < -0.4 is 5.32 Å². The monoisotopic (exact) mass is 214 g/mol. The number of ether oxygens (including phenoxy) is 1. The first-order valence-electron chi connectivity index (χ1n) is 5.32. The Kier molecular flexibility index (Phi) is 3.34. The number of hydrogen-bond donors (Lipinski definition) is 1. The Morgan fingerprint density at radius 2 is 2.43 bits per heavy atom. The van der Waals surface area contributed by atoms with Crippen molar-refractivity contribution in [1.29, 1.82) is 0 Å². The van der Waals surface area contributed by atoms with Gasteiger partial charge in [-0.3, -0.25) is 4.99 Å². The van der Waals surface area contributed by atoms with Gasteiger partial charge in [0, 0.05) is 18.9 Å². The molecule has 3 nitrogen and oxygen atoms in total. The van der Waals surface area contributed by atoms with E-state index in [4.69, 9.17) is 4.74 Å². The summed E-state index contributed by atoms with van der Waals surface area (Å²) < 4.78 is 5.50. The van der Waals surface area contributed by atoms with Crippen molar-refractivity contribution >= 4 is 16.9 Å². The van der Waals surface area contributed by atoms with E-state index in [1.54, 1.807) is 0 Å². The van der Waals surface area contributed by atoms with Gasteiger partial charge in [0.05, 0.1) is 12.1 Å². The molecule has 0 radical (unpaired) electrons. The van der Waals surface area contributed by atoms with Gasteiger partial charge in [-0.25, -0.2) is 0 Å². The molecule has 0 aromatic carbocycles. The number of nitrogens with zero attached hydrogens (tertiary/aromatic N) is 1. The van der Waals surface area contributed by atoms with Crippen LogP contribution in [0.5, 0.6) is 0 Å². The van der Waals surface area contributed by atoms with E-state index in [1.165, 1.54) is 18.6 Å². The second-order valence-corrected chi connectivity index (χ2v) is 5.31. The molecule has 0 bridgehead atoms. The summed E-state index contributed by atoms with van der Waals surface area (Å²) in [4.78, 5) is 4.48. The van der Waals surface area contributed by atoms with Crippen molar-refractivity contribution in [2.24, 2.45) is 4.99 Å². The van der Waals surface area contributed by atoms with Crippen LogP contribution in [0.25, 0.3) is 0 Å². The van der Waals surface area contributed by atoms with Gasteiger partial charge >= 0.3 is 0 Å². The molecule has 0 aliphatic carbocycles. The zero-order valence-electron chi connectivity index (χ0n) is 8.71. The Morgan fingerprint density at radius 1 is 1.50 bits per heavy atom. The maximum atomic E-state index is 5.50. The molecule has 2 heterocycles. The predicted molar refractivity (Wildman–Crippen MR) is 61.0 cm³/mol. The van der Waals surface area contributed by atoms with E-state index in [1.807, 2.05) is 11.8 Å². The highest BCUT2D eigenvalue weighted by Crippen LogP contribution is 2.21. The first kappa shape index (κ1) is 10.3. The van der Waals surface area contributed by atoms with E-state index in [0.29, 0.717) is 0 Å². The second-order valence-electron chi connectivity index (χ2n) is 4.23. The molecule has 1 fully saturated rings. The average molecular weight is 214 g/mol. The highest BCUT2D eigenvalue weighted by Gasteiger charge is 2.28. The highest BCUT2D eigenvalue weighted by atomic mass is 32.2. The number of hydrogen-bond acceptors (Lipinski definition) is 4. The standard InChI is InChI=1S/C10H18N2OS/c1-10(4-2-6-13-8-10)12-9-11-5-3-7-14-9/h2-8H2,1H3,(H,11,12). The van der Waals surface area contributed by atoms with Gasteiger partial charge in [0.25, 0.3) is 0 Å². The predicted octanol–water partition coefficient (Wildman–Crippen LogP) is 1.64. The van der Waals surface area contributed by atoms with Crippen molar-refractivity contribution in [2.45, 2.75) is 31.7 Å². The quantitative estimate of drug-likeness (QED) is 0.720. The van der Waals surface area contributed by atoms with E-state index >= 15 is 0 Å². The third-order valence-electron chi connectivity index (χ3n) is 2.64. The van der Waals surface area contributed by atoms with Crippen molar-refractivity contribution in [1.82, 2.24) is 5.32 Å². The van der Waals surface area contributed by atoms with Gasteiger partial charge in [-0.05, 0) is 26.2 Å². The summed E-state index contributed by atoms with van der Waals surface area (Å²) in [6.07, 6.45) is 3.55. The minimum absolute atomic E-state index is 0.113. The first-order valence-corrected chi connectivity index (χ1v) is 6.30. The maximum Gasteiger partial charge on any atom is 0.157 e. The van der Waals surface area contributed by atoms with Crippen LogP contribution >= 0.6 is 11.8 Å². The average Bonchev–Trinajstić information content (AvgIpc) is 2.19. The Morgan fingerprint density at radius 3 is 3.07 bits per heavy atom. The van der Waals surface area contributed by atoms with E-state index < -0.39 is 0 Å². The van der Waals surface area contributed by atoms with Gasteiger partial charge < -0.3 is 10.1 Å². The van der Waals surface area contributed by atoms with Gasteiger partial charge in [-0.2, -0.15) is 0 Å². The molecule has 1 atom stereocenters. The van der Waals surface area contributed by atoms with Crippen LogP contribution in [-0.4, -0.2) is 36.2 Å². The van der Waals surface area contributed by atoms with E-state index in [-0.39, 0.29) is 5.54 Å². The summed E-state index contributed by atoms with van der Waals surface area (Å²) in [5.74, 6) is 1.20. The Bertz CT molecular complexity index is 224. The van der Waals surface area contributed by atoms with E-state index in [9.17, 15) is 0 Å². The molecule has 0 spiro atoms. The van der Waals surface area contributed by atoms with Crippen molar-refractivity contribution in [3.63, 3.8) is 0 Å². The molecule has 1 saturated heterocycles. The zero-order chi connectivity index (χ0) is 9.86. The molecule has 14 heavy (non-hydrogen) atoms. The topological polar surface area (TPSA) is 33.6 Å². The molecule has 0 saturated carbocycles. The van der Waals surface area contributed by atoms with Gasteiger partial charge in [-0.15, -0.1) is 0 Å². The molecule has 2 aliphatic heterocycles. The highest BCUT2D eigenvalue weighted by molar-refractivity contribution is 8.13. The summed E-state index contributed by atoms with van der Waals surface area (Å²) in [5, 5.41) is 4.64. The maximum absolute atomic E-state index is 5.50. The molecule has 1 unspecified atom stereocenters. The molecule has 1 N–H and O–H groups in total. The van der Waals surface area contributed by atoms with Crippen molar-refractivity contribution in [3.8, 4) is 0 Å². The fraction of sp³-hybridized carbons (Fsp3) is 0.900. The van der Waals surface area contributed by atoms with Gasteiger partial charge in [0.15, 0.2) is 5.17 Å². The molecule has 80 valence electrons. The van der Waals surface area contributed by atoms with Crippen LogP contribution in [0.15, 0.2) is 4.99 Å². The lowest BCUT2D eigenvalue weighted by Gasteiger charge is -2.35. The summed E-state index contributed by atoms with van der Waals surface area (Å²) in [6, 6.07) is 0. The lowest BCUT2D eigenvalue weighted by Crippen LogP contribution is -2.51. The number of nitrogens with one attached hydrogen (secondary N) is 1. The van der Waals surface area contributed by atoms with Crippen molar-refractivity contribution < 1.29 is 4.74 Å². The SMILES string of the molecule is CC1(NC2=NCCCS2)CCCOC1. The number of amidine groups is 1. The number of aliphatic imine (C=N–C) groups is 1. The van der Waals surface area contributed by atoms with Gasteiger partial charge in [0.1, 0.15) is 0 Å². The van der Waals surface area contributed by atoms with Gasteiger partial charge in [-0.1, -0.05) is 11.8 Å². The van der Waals surface area contributed by atoms with E-state index in [2.05, 4.69) is 17.2 Å². The van der Waals surface area contributed by atoms with Crippen LogP contribution in [0, 0.1) is 0 Å². The zero-order valence-corrected chi connectivity index (χ0v) is 9.53. The fourth-order valence-corrected chi connectivity index (χ4v) is 2.79. The third-order valence-corrected chi connectivity index (χ3v) is 3.64. The van der Waals surface area contributed by atoms with Crippen molar-refractivity contribution in [2.75, 3.05) is 25.5 Å². The summed E-state index contributed by atoms with van der Waals surface area (Å²) in [5.41, 5.74) is 0.113. The molecular weight excluding hydrogens is 196 g/mol. The van der Waals surface area contributed by atoms with Crippen LogP contribution in [-0.2, 0) is 4.74 Å². The van der Waals surface area contributed by atoms with Crippen LogP contribution in [0.2, 0.25) is 0 Å². The minimum atomic E-state index is 0.113. The van der Waals surface area contributed by atoms with E-state index in [0.717, 1.165) is 31.3 Å². The lowest BCUT2D eigenvalue weighted by atomic mass is 9.95. The molecule has 0 amide bonds. The summed E-state index contributed by atoms with van der Waals surface area (Å²) in [7, 11) is 0. The number of thioether (sulfide) groups is 1. The summed E-state index contributed by atoms with van der Waals surface area (Å²) in [6.45, 7) is 4.93. The first-order chi connectivity index (χ1) is 6.79. The second kappa shape index (κ2) is 4.53. The normalized spacial score (nSPS) is 33.6. The van der Waals surface area contributed by atoms with Crippen LogP contribution in [0.4, 0.5) is 0 Å². The third kappa shape index (κ3) is 2.64. The summed E-state index contributed by atoms with van der Waals surface area (Å²) >= 11 is 1.84. The molecule has 2 rings (SSSR count). The molecule has 2 aliphatic rings. The lowest BCUT2D eigenvalue weighted by molar-refractivity contribution is 0.0374. The Balaban J connectivity index is 1.90. The Labute approximate surface area is 89.7 Å². The molecule has 0 aromatic heterocycles. The van der Waals surface area contributed by atoms with Gasteiger partial charge in [0.2, 0.25) is 0 Å². The number of rotatable bonds is 1. The fourth-order valence-electron chi connectivity index (χ4n) is 1.83. The molecule has 4 heteroatoms.